The lowest BCUT2D eigenvalue weighted by molar-refractivity contribution is -0.135. The summed E-state index contributed by atoms with van der Waals surface area (Å²) in [6.07, 6.45) is 10.4. The number of nitrogens with zero attached hydrogens (tertiary/aromatic N) is 2. The predicted octanol–water partition coefficient (Wildman–Crippen LogP) is 5.04. The summed E-state index contributed by atoms with van der Waals surface area (Å²) in [6.45, 7) is 3.28. The van der Waals surface area contributed by atoms with Crippen LogP contribution in [0, 0.1) is 0 Å². The first-order valence-corrected chi connectivity index (χ1v) is 12.9. The fourth-order valence-electron chi connectivity index (χ4n) is 5.54. The van der Waals surface area contributed by atoms with E-state index in [1.165, 1.54) is 48.1 Å². The Balaban J connectivity index is 1.20. The van der Waals surface area contributed by atoms with Crippen molar-refractivity contribution >= 4 is 17.2 Å². The Morgan fingerprint density at radius 1 is 0.935 bits per heavy atom. The number of rotatable bonds is 5. The molecule has 1 atom stereocenters. The Morgan fingerprint density at radius 2 is 1.68 bits per heavy atom. The Morgan fingerprint density at radius 3 is 2.45 bits per heavy atom. The highest BCUT2D eigenvalue weighted by atomic mass is 32.1. The molecule has 1 aliphatic carbocycles. The molecule has 0 radical (unpaired) electrons. The molecule has 1 aromatic heterocycles. The van der Waals surface area contributed by atoms with E-state index in [0.29, 0.717) is 18.8 Å². The number of piperidine rings is 1. The van der Waals surface area contributed by atoms with E-state index >= 15 is 0 Å². The molecule has 0 spiro atoms. The van der Waals surface area contributed by atoms with Gasteiger partial charge in [-0.05, 0) is 54.7 Å². The SMILES string of the molecule is O=C(CN1CCC(OC2CCCCC2)CC1)N1CCc2sccc2C1c1ccccc1. The quantitative estimate of drug-likeness (QED) is 0.656. The molecule has 3 heterocycles. The fourth-order valence-corrected chi connectivity index (χ4v) is 6.44. The van der Waals surface area contributed by atoms with Crippen molar-refractivity contribution < 1.29 is 9.53 Å². The van der Waals surface area contributed by atoms with E-state index in [1.54, 1.807) is 0 Å². The lowest BCUT2D eigenvalue weighted by atomic mass is 9.93. The summed E-state index contributed by atoms with van der Waals surface area (Å²) >= 11 is 1.83. The molecule has 2 aliphatic heterocycles. The minimum Gasteiger partial charge on any atom is -0.375 e. The number of likely N-dealkylation sites (tertiary alicyclic amines) is 1. The highest BCUT2D eigenvalue weighted by Gasteiger charge is 2.34. The molecule has 2 aromatic rings. The van der Waals surface area contributed by atoms with Crippen LogP contribution in [-0.4, -0.2) is 54.1 Å². The summed E-state index contributed by atoms with van der Waals surface area (Å²) in [5.74, 6) is 0.261. The smallest absolute Gasteiger partial charge is 0.237 e. The third-order valence-corrected chi connectivity index (χ3v) is 8.23. The van der Waals surface area contributed by atoms with Gasteiger partial charge in [-0.1, -0.05) is 49.6 Å². The van der Waals surface area contributed by atoms with Gasteiger partial charge in [-0.2, -0.15) is 0 Å². The van der Waals surface area contributed by atoms with Crippen LogP contribution >= 0.6 is 11.3 Å². The number of hydrogen-bond acceptors (Lipinski definition) is 4. The summed E-state index contributed by atoms with van der Waals surface area (Å²) < 4.78 is 6.39. The molecule has 0 N–H and O–H groups in total. The van der Waals surface area contributed by atoms with Gasteiger partial charge in [0.2, 0.25) is 5.91 Å². The van der Waals surface area contributed by atoms with Gasteiger partial charge < -0.3 is 9.64 Å². The van der Waals surface area contributed by atoms with Crippen LogP contribution in [0.1, 0.15) is 67.0 Å². The summed E-state index contributed by atoms with van der Waals surface area (Å²) in [4.78, 5) is 19.3. The van der Waals surface area contributed by atoms with Crippen LogP contribution in [0.2, 0.25) is 0 Å². The van der Waals surface area contributed by atoms with E-state index < -0.39 is 0 Å². The first kappa shape index (κ1) is 21.2. The van der Waals surface area contributed by atoms with Crippen molar-refractivity contribution in [1.82, 2.24) is 9.80 Å². The second kappa shape index (κ2) is 9.85. The van der Waals surface area contributed by atoms with Gasteiger partial charge in [-0.25, -0.2) is 0 Å². The van der Waals surface area contributed by atoms with Gasteiger partial charge >= 0.3 is 0 Å². The number of hydrogen-bond donors (Lipinski definition) is 0. The number of ether oxygens (including phenoxy) is 1. The molecule has 5 heteroatoms. The van der Waals surface area contributed by atoms with Crippen LogP contribution in [-0.2, 0) is 16.0 Å². The first-order valence-electron chi connectivity index (χ1n) is 12.1. The molecular formula is C26H34N2O2S. The third-order valence-electron chi connectivity index (χ3n) is 7.23. The zero-order chi connectivity index (χ0) is 21.0. The van der Waals surface area contributed by atoms with Gasteiger partial charge in [0.25, 0.3) is 0 Å². The van der Waals surface area contributed by atoms with E-state index in [4.69, 9.17) is 4.74 Å². The lowest BCUT2D eigenvalue weighted by Crippen LogP contribution is -2.47. The van der Waals surface area contributed by atoms with E-state index in [0.717, 1.165) is 38.9 Å². The summed E-state index contributed by atoms with van der Waals surface area (Å²) in [6, 6.07) is 12.8. The van der Waals surface area contributed by atoms with Crippen molar-refractivity contribution in [2.75, 3.05) is 26.2 Å². The van der Waals surface area contributed by atoms with E-state index in [2.05, 4.69) is 45.5 Å². The molecule has 3 aliphatic rings. The lowest BCUT2D eigenvalue weighted by Gasteiger charge is -2.39. The average molecular weight is 439 g/mol. The molecule has 4 nitrogen and oxygen atoms in total. The summed E-state index contributed by atoms with van der Waals surface area (Å²) in [7, 11) is 0. The topological polar surface area (TPSA) is 32.8 Å². The standard InChI is InChI=1S/C26H34N2O2S/c29-25(19-27-15-11-22(12-16-27)30-21-9-5-2-6-10-21)28-17-13-24-23(14-18-31-24)26(28)20-7-3-1-4-8-20/h1,3-4,7-8,14,18,21-22,26H,2,5-6,9-13,15-17,19H2. The maximum Gasteiger partial charge on any atom is 0.237 e. The highest BCUT2D eigenvalue weighted by molar-refractivity contribution is 7.10. The molecule has 1 saturated heterocycles. The van der Waals surface area contributed by atoms with Crippen molar-refractivity contribution in [3.05, 3.63) is 57.8 Å². The predicted molar refractivity (Wildman–Crippen MR) is 125 cm³/mol. The van der Waals surface area contributed by atoms with Gasteiger partial charge in [0.05, 0.1) is 24.8 Å². The van der Waals surface area contributed by atoms with Gasteiger partial charge in [0.15, 0.2) is 0 Å². The average Bonchev–Trinajstić information content (AvgIpc) is 3.30. The third kappa shape index (κ3) is 4.89. The molecule has 1 saturated carbocycles. The number of amides is 1. The van der Waals surface area contributed by atoms with Crippen molar-refractivity contribution in [2.45, 2.75) is 69.6 Å². The number of benzene rings is 1. The molecule has 31 heavy (non-hydrogen) atoms. The van der Waals surface area contributed by atoms with Crippen LogP contribution in [0.25, 0.3) is 0 Å². The molecule has 1 unspecified atom stereocenters. The highest BCUT2D eigenvalue weighted by Crippen LogP contribution is 2.37. The largest absolute Gasteiger partial charge is 0.375 e. The molecule has 2 fully saturated rings. The number of carbonyl (C=O) groups excluding carboxylic acids is 1. The Labute approximate surface area is 190 Å². The van der Waals surface area contributed by atoms with Crippen LogP contribution in [0.4, 0.5) is 0 Å². The molecular weight excluding hydrogens is 404 g/mol. The first-order chi connectivity index (χ1) is 15.3. The van der Waals surface area contributed by atoms with E-state index in [1.807, 2.05) is 17.4 Å². The monoisotopic (exact) mass is 438 g/mol. The Hall–Kier alpha value is -1.69. The van der Waals surface area contributed by atoms with Crippen molar-refractivity contribution in [3.8, 4) is 0 Å². The molecule has 166 valence electrons. The van der Waals surface area contributed by atoms with Gasteiger partial charge in [0, 0.05) is 24.5 Å². The maximum absolute atomic E-state index is 13.4. The van der Waals surface area contributed by atoms with E-state index in [9.17, 15) is 4.79 Å². The van der Waals surface area contributed by atoms with Crippen LogP contribution in [0.3, 0.4) is 0 Å². The van der Waals surface area contributed by atoms with Crippen molar-refractivity contribution in [1.29, 1.82) is 0 Å². The minimum absolute atomic E-state index is 0.0517. The van der Waals surface area contributed by atoms with Gasteiger partial charge in [0.1, 0.15) is 0 Å². The van der Waals surface area contributed by atoms with Crippen molar-refractivity contribution in [2.24, 2.45) is 0 Å². The Kier molecular flexibility index (Phi) is 6.72. The van der Waals surface area contributed by atoms with Crippen LogP contribution in [0.15, 0.2) is 41.8 Å². The summed E-state index contributed by atoms with van der Waals surface area (Å²) in [5.41, 5.74) is 2.53. The zero-order valence-corrected chi connectivity index (χ0v) is 19.2. The molecule has 5 rings (SSSR count). The normalized spacial score (nSPS) is 23.6. The van der Waals surface area contributed by atoms with Gasteiger partial charge in [-0.15, -0.1) is 11.3 Å². The van der Waals surface area contributed by atoms with E-state index in [-0.39, 0.29) is 11.9 Å². The van der Waals surface area contributed by atoms with Crippen LogP contribution in [0.5, 0.6) is 0 Å². The number of carbonyl (C=O) groups is 1. The number of thiophene rings is 1. The second-order valence-corrected chi connectivity index (χ2v) is 10.3. The zero-order valence-electron chi connectivity index (χ0n) is 18.4. The maximum atomic E-state index is 13.4. The van der Waals surface area contributed by atoms with Crippen LogP contribution < -0.4 is 0 Å². The van der Waals surface area contributed by atoms with Crippen molar-refractivity contribution in [3.63, 3.8) is 0 Å². The molecule has 1 amide bonds. The Bertz CT molecular complexity index is 853. The molecule has 0 bridgehead atoms. The van der Waals surface area contributed by atoms with Gasteiger partial charge in [-0.3, -0.25) is 9.69 Å². The number of fused-ring (bicyclic) bond motifs is 1. The molecule has 1 aromatic carbocycles. The second-order valence-electron chi connectivity index (χ2n) is 9.32. The summed E-state index contributed by atoms with van der Waals surface area (Å²) in [5, 5.41) is 2.17. The fraction of sp³-hybridized carbons (Fsp3) is 0.577. The minimum atomic E-state index is 0.0517.